The van der Waals surface area contributed by atoms with Gasteiger partial charge in [-0.15, -0.1) is 0 Å². The number of hydrogen-bond acceptors (Lipinski definition) is 6. The highest BCUT2D eigenvalue weighted by molar-refractivity contribution is 6.02. The van der Waals surface area contributed by atoms with Crippen molar-refractivity contribution in [3.8, 4) is 0 Å². The molecule has 0 bridgehead atoms. The van der Waals surface area contributed by atoms with E-state index in [2.05, 4.69) is 20.6 Å². The van der Waals surface area contributed by atoms with E-state index in [9.17, 15) is 9.59 Å². The van der Waals surface area contributed by atoms with Crippen LogP contribution >= 0.6 is 0 Å². The second kappa shape index (κ2) is 8.86. The van der Waals surface area contributed by atoms with Gasteiger partial charge < -0.3 is 15.4 Å². The van der Waals surface area contributed by atoms with Gasteiger partial charge in [0, 0.05) is 25.4 Å². The molecule has 1 saturated carbocycles. The number of anilines is 1. The maximum atomic E-state index is 13.2. The van der Waals surface area contributed by atoms with Gasteiger partial charge in [-0.05, 0) is 50.3 Å². The molecule has 1 aliphatic heterocycles. The van der Waals surface area contributed by atoms with E-state index in [0.717, 1.165) is 50.7 Å². The number of ether oxygens (including phenoxy) is 1. The minimum Gasteiger partial charge on any atom is -0.376 e. The zero-order chi connectivity index (χ0) is 22.1. The molecule has 8 heteroatoms. The van der Waals surface area contributed by atoms with Gasteiger partial charge in [0.15, 0.2) is 5.65 Å². The maximum absolute atomic E-state index is 13.2. The highest BCUT2D eigenvalue weighted by atomic mass is 16.5. The molecule has 3 aromatic heterocycles. The number of pyridine rings is 2. The monoisotopic (exact) mass is 435 g/mol. The van der Waals surface area contributed by atoms with Crippen LogP contribution in [0.5, 0.6) is 0 Å². The van der Waals surface area contributed by atoms with E-state index in [0.29, 0.717) is 34.6 Å². The van der Waals surface area contributed by atoms with Crippen molar-refractivity contribution in [1.82, 2.24) is 19.7 Å². The van der Waals surface area contributed by atoms with Gasteiger partial charge in [-0.2, -0.15) is 0 Å². The molecular weight excluding hydrogens is 406 g/mol. The zero-order valence-electron chi connectivity index (χ0n) is 18.4. The highest BCUT2D eigenvalue weighted by Crippen LogP contribution is 2.25. The standard InChI is InChI=1S/C24H29N5O3/c1-15-9-10-20-27-22-19(24(31)29(20)14-15)12-18(23(30)25-13-17-8-5-11-32-17)21(28-22)26-16-6-3-2-4-7-16/h9-10,12,14,16-17H,2-8,11,13H2,1H3,(H,25,30)(H,26,28)/t17-/m0/s1. The van der Waals surface area contributed by atoms with Crippen LogP contribution in [0.1, 0.15) is 60.9 Å². The number of aromatic nitrogens is 3. The summed E-state index contributed by atoms with van der Waals surface area (Å²) in [6.07, 6.45) is 9.42. The molecule has 1 saturated heterocycles. The summed E-state index contributed by atoms with van der Waals surface area (Å²) in [5, 5.41) is 6.79. The molecule has 32 heavy (non-hydrogen) atoms. The van der Waals surface area contributed by atoms with E-state index in [1.54, 1.807) is 12.3 Å². The number of nitrogens with one attached hydrogen (secondary N) is 2. The van der Waals surface area contributed by atoms with Crippen molar-refractivity contribution in [2.75, 3.05) is 18.5 Å². The van der Waals surface area contributed by atoms with Crippen molar-refractivity contribution in [1.29, 1.82) is 0 Å². The number of aryl methyl sites for hydroxylation is 1. The molecule has 2 fully saturated rings. The van der Waals surface area contributed by atoms with E-state index in [4.69, 9.17) is 4.74 Å². The first-order chi connectivity index (χ1) is 15.6. The van der Waals surface area contributed by atoms with Crippen LogP contribution in [0, 0.1) is 6.92 Å². The third-order valence-corrected chi connectivity index (χ3v) is 6.45. The summed E-state index contributed by atoms with van der Waals surface area (Å²) in [6, 6.07) is 5.64. The molecule has 8 nitrogen and oxygen atoms in total. The van der Waals surface area contributed by atoms with E-state index in [-0.39, 0.29) is 23.6 Å². The Hall–Kier alpha value is -3.00. The molecule has 0 spiro atoms. The SMILES string of the molecule is Cc1ccc2nc3nc(NC4CCCCC4)c(C(=O)NC[C@@H]4CCCO4)cc3c(=O)n2c1. The number of nitrogens with zero attached hydrogens (tertiary/aromatic N) is 3. The fraction of sp³-hybridized carbons (Fsp3) is 0.500. The summed E-state index contributed by atoms with van der Waals surface area (Å²) in [5.41, 5.74) is 2.01. The molecule has 2 N–H and O–H groups in total. The number of rotatable bonds is 5. The van der Waals surface area contributed by atoms with Crippen LogP contribution in [0.2, 0.25) is 0 Å². The number of fused-ring (bicyclic) bond motifs is 2. The molecular formula is C24H29N5O3. The predicted molar refractivity (Wildman–Crippen MR) is 123 cm³/mol. The van der Waals surface area contributed by atoms with Crippen molar-refractivity contribution in [3.63, 3.8) is 0 Å². The lowest BCUT2D eigenvalue weighted by Crippen LogP contribution is -2.33. The lowest BCUT2D eigenvalue weighted by Gasteiger charge is -2.24. The predicted octanol–water partition coefficient (Wildman–Crippen LogP) is 3.20. The Bertz CT molecular complexity index is 1210. The number of amides is 1. The number of hydrogen-bond donors (Lipinski definition) is 2. The van der Waals surface area contributed by atoms with Crippen LogP contribution in [0.3, 0.4) is 0 Å². The first-order valence-corrected chi connectivity index (χ1v) is 11.6. The minimum absolute atomic E-state index is 0.0429. The number of carbonyl (C=O) groups excluding carboxylic acids is 1. The van der Waals surface area contributed by atoms with Crippen LogP contribution in [-0.2, 0) is 4.74 Å². The van der Waals surface area contributed by atoms with Gasteiger partial charge in [-0.3, -0.25) is 14.0 Å². The Kier molecular flexibility index (Phi) is 5.78. The molecule has 0 radical (unpaired) electrons. The van der Waals surface area contributed by atoms with E-state index < -0.39 is 0 Å². The molecule has 1 atom stereocenters. The second-order valence-electron chi connectivity index (χ2n) is 8.93. The van der Waals surface area contributed by atoms with E-state index in [1.807, 2.05) is 19.1 Å². The van der Waals surface area contributed by atoms with Crippen LogP contribution in [0.4, 0.5) is 5.82 Å². The van der Waals surface area contributed by atoms with Crippen molar-refractivity contribution < 1.29 is 9.53 Å². The van der Waals surface area contributed by atoms with Gasteiger partial charge in [0.25, 0.3) is 11.5 Å². The Morgan fingerprint density at radius 1 is 1.16 bits per heavy atom. The van der Waals surface area contributed by atoms with Crippen molar-refractivity contribution in [3.05, 3.63) is 45.9 Å². The molecule has 5 rings (SSSR count). The average molecular weight is 436 g/mol. The van der Waals surface area contributed by atoms with Gasteiger partial charge >= 0.3 is 0 Å². The lowest BCUT2D eigenvalue weighted by molar-refractivity contribution is 0.0858. The van der Waals surface area contributed by atoms with Gasteiger partial charge in [0.2, 0.25) is 0 Å². The van der Waals surface area contributed by atoms with Crippen LogP contribution in [0.15, 0.2) is 29.2 Å². The van der Waals surface area contributed by atoms with Gasteiger partial charge in [-0.25, -0.2) is 9.97 Å². The molecule has 1 amide bonds. The molecule has 4 heterocycles. The summed E-state index contributed by atoms with van der Waals surface area (Å²) in [7, 11) is 0. The topological polar surface area (TPSA) is 97.6 Å². The third-order valence-electron chi connectivity index (χ3n) is 6.45. The van der Waals surface area contributed by atoms with Gasteiger partial charge in [0.1, 0.15) is 11.5 Å². The Morgan fingerprint density at radius 3 is 2.78 bits per heavy atom. The van der Waals surface area contributed by atoms with Crippen LogP contribution in [-0.4, -0.2) is 45.6 Å². The average Bonchev–Trinajstić information content (AvgIpc) is 3.32. The van der Waals surface area contributed by atoms with Crippen molar-refractivity contribution in [2.24, 2.45) is 0 Å². The summed E-state index contributed by atoms with van der Waals surface area (Å²) in [5.74, 6) is 0.250. The summed E-state index contributed by atoms with van der Waals surface area (Å²) in [4.78, 5) is 35.6. The fourth-order valence-electron chi connectivity index (χ4n) is 4.67. The smallest absolute Gasteiger partial charge is 0.267 e. The normalized spacial score (nSPS) is 19.5. The molecule has 1 aliphatic carbocycles. The van der Waals surface area contributed by atoms with Crippen molar-refractivity contribution in [2.45, 2.75) is 64.0 Å². The third kappa shape index (κ3) is 4.19. The highest BCUT2D eigenvalue weighted by Gasteiger charge is 2.23. The Morgan fingerprint density at radius 2 is 2.00 bits per heavy atom. The van der Waals surface area contributed by atoms with Crippen LogP contribution < -0.4 is 16.2 Å². The van der Waals surface area contributed by atoms with E-state index in [1.165, 1.54) is 10.8 Å². The number of carbonyl (C=O) groups is 1. The Labute approximate surface area is 186 Å². The maximum Gasteiger partial charge on any atom is 0.267 e. The Balaban J connectivity index is 1.56. The summed E-state index contributed by atoms with van der Waals surface area (Å²) < 4.78 is 7.15. The van der Waals surface area contributed by atoms with Gasteiger partial charge in [-0.1, -0.05) is 25.3 Å². The lowest BCUT2D eigenvalue weighted by atomic mass is 9.95. The molecule has 2 aliphatic rings. The second-order valence-corrected chi connectivity index (χ2v) is 8.93. The summed E-state index contributed by atoms with van der Waals surface area (Å²) >= 11 is 0. The fourth-order valence-corrected chi connectivity index (χ4v) is 4.67. The molecule has 0 aromatic carbocycles. The zero-order valence-corrected chi connectivity index (χ0v) is 18.4. The first-order valence-electron chi connectivity index (χ1n) is 11.6. The molecule has 3 aromatic rings. The van der Waals surface area contributed by atoms with Crippen molar-refractivity contribution >= 4 is 28.4 Å². The van der Waals surface area contributed by atoms with E-state index >= 15 is 0 Å². The quantitative estimate of drug-likeness (QED) is 0.598. The summed E-state index contributed by atoms with van der Waals surface area (Å²) in [6.45, 7) is 3.12. The first kappa shape index (κ1) is 20.9. The van der Waals surface area contributed by atoms with Crippen LogP contribution in [0.25, 0.3) is 16.7 Å². The van der Waals surface area contributed by atoms with Gasteiger partial charge in [0.05, 0.1) is 17.1 Å². The largest absolute Gasteiger partial charge is 0.376 e. The molecule has 0 unspecified atom stereocenters. The minimum atomic E-state index is -0.248. The molecule has 168 valence electrons.